The molecule has 0 saturated heterocycles. The van der Waals surface area contributed by atoms with Crippen molar-refractivity contribution in [1.29, 1.82) is 0 Å². The van der Waals surface area contributed by atoms with Crippen LogP contribution in [0.3, 0.4) is 0 Å². The van der Waals surface area contributed by atoms with Crippen LogP contribution in [0.15, 0.2) is 11.6 Å². The highest BCUT2D eigenvalue weighted by molar-refractivity contribution is 5.85. The normalized spacial score (nSPS) is 44.1. The highest BCUT2D eigenvalue weighted by Crippen LogP contribution is 2.71. The standard InChI is InChI=1S/C28H42O5/c1-7-32-25(31)16-20-15-24-22-9-8-19-14-21(33-18(3)30)10-12-26(19,4)23(22)11-13-27(24,5)28(20,6)17(2)29/h8,20-24H,7,9-16H2,1-6H3/t20-,21-,22+,23-,24-,26-,27-,28-/m0/s1. The summed E-state index contributed by atoms with van der Waals surface area (Å²) in [5.74, 6) is 1.47. The molecule has 0 aromatic rings. The number of carbonyl (C=O) groups excluding carboxylic acids is 3. The molecule has 0 N–H and O–H groups in total. The summed E-state index contributed by atoms with van der Waals surface area (Å²) < 4.78 is 10.9. The summed E-state index contributed by atoms with van der Waals surface area (Å²) in [7, 11) is 0. The Morgan fingerprint density at radius 2 is 1.79 bits per heavy atom. The van der Waals surface area contributed by atoms with Gasteiger partial charge < -0.3 is 9.47 Å². The number of esters is 2. The lowest BCUT2D eigenvalue weighted by Gasteiger charge is -2.59. The van der Waals surface area contributed by atoms with Crippen molar-refractivity contribution in [3.8, 4) is 0 Å². The quantitative estimate of drug-likeness (QED) is 0.393. The molecule has 0 radical (unpaired) electrons. The molecule has 3 fully saturated rings. The van der Waals surface area contributed by atoms with Gasteiger partial charge in [-0.3, -0.25) is 14.4 Å². The van der Waals surface area contributed by atoms with Gasteiger partial charge in [0.2, 0.25) is 0 Å². The van der Waals surface area contributed by atoms with Gasteiger partial charge >= 0.3 is 11.9 Å². The van der Waals surface area contributed by atoms with Gasteiger partial charge in [0.15, 0.2) is 0 Å². The van der Waals surface area contributed by atoms with Gasteiger partial charge in [0, 0.05) is 25.2 Å². The summed E-state index contributed by atoms with van der Waals surface area (Å²) in [5.41, 5.74) is 1.04. The number of fused-ring (bicyclic) bond motifs is 5. The Balaban J connectivity index is 1.63. The molecule has 0 unspecified atom stereocenters. The Bertz CT molecular complexity index is 860. The molecule has 33 heavy (non-hydrogen) atoms. The molecule has 184 valence electrons. The fourth-order valence-corrected chi connectivity index (χ4v) is 8.77. The third-order valence-corrected chi connectivity index (χ3v) is 10.8. The van der Waals surface area contributed by atoms with E-state index in [1.165, 1.54) is 12.5 Å². The van der Waals surface area contributed by atoms with E-state index in [-0.39, 0.29) is 40.6 Å². The van der Waals surface area contributed by atoms with Crippen LogP contribution < -0.4 is 0 Å². The predicted molar refractivity (Wildman–Crippen MR) is 126 cm³/mol. The van der Waals surface area contributed by atoms with E-state index in [0.717, 1.165) is 44.9 Å². The monoisotopic (exact) mass is 458 g/mol. The minimum Gasteiger partial charge on any atom is -0.466 e. The maximum Gasteiger partial charge on any atom is 0.306 e. The van der Waals surface area contributed by atoms with Crippen molar-refractivity contribution in [2.45, 2.75) is 99.0 Å². The molecule has 5 nitrogen and oxygen atoms in total. The van der Waals surface area contributed by atoms with Gasteiger partial charge in [0.05, 0.1) is 6.61 Å². The van der Waals surface area contributed by atoms with Crippen LogP contribution in [0.4, 0.5) is 0 Å². The van der Waals surface area contributed by atoms with E-state index < -0.39 is 5.41 Å². The molecular weight excluding hydrogens is 416 g/mol. The van der Waals surface area contributed by atoms with Crippen molar-refractivity contribution in [2.24, 2.45) is 39.9 Å². The summed E-state index contributed by atoms with van der Waals surface area (Å²) in [5, 5.41) is 0. The van der Waals surface area contributed by atoms with E-state index in [1.807, 2.05) is 6.92 Å². The highest BCUT2D eigenvalue weighted by Gasteiger charge is 2.67. The van der Waals surface area contributed by atoms with Crippen molar-refractivity contribution in [3.05, 3.63) is 11.6 Å². The van der Waals surface area contributed by atoms with Crippen LogP contribution >= 0.6 is 0 Å². The summed E-state index contributed by atoms with van der Waals surface area (Å²) >= 11 is 0. The predicted octanol–water partition coefficient (Wildman–Crippen LogP) is 5.66. The maximum atomic E-state index is 13.1. The topological polar surface area (TPSA) is 69.7 Å². The van der Waals surface area contributed by atoms with Crippen LogP contribution in [0.2, 0.25) is 0 Å². The largest absolute Gasteiger partial charge is 0.466 e. The van der Waals surface area contributed by atoms with E-state index in [0.29, 0.717) is 30.8 Å². The molecule has 0 bridgehead atoms. The van der Waals surface area contributed by atoms with Crippen molar-refractivity contribution in [1.82, 2.24) is 0 Å². The van der Waals surface area contributed by atoms with Crippen LogP contribution in [0.5, 0.6) is 0 Å². The number of rotatable bonds is 5. The Labute approximate surface area is 199 Å². The summed E-state index contributed by atoms with van der Waals surface area (Å²) in [4.78, 5) is 37.1. The number of ketones is 1. The van der Waals surface area contributed by atoms with Crippen LogP contribution in [0.1, 0.15) is 92.9 Å². The van der Waals surface area contributed by atoms with Crippen LogP contribution in [0, 0.1) is 39.9 Å². The first-order valence-corrected chi connectivity index (χ1v) is 13.0. The SMILES string of the molecule is CCOC(=O)C[C@@H]1C[C@H]2[C@@H]3CC=C4C[C@@H](OC(C)=O)CC[C@]4(C)[C@H]3CC[C@]2(C)[C@@]1(C)C(C)=O. The van der Waals surface area contributed by atoms with Gasteiger partial charge in [-0.1, -0.05) is 32.4 Å². The second-order valence-electron chi connectivity index (χ2n) is 11.9. The van der Waals surface area contributed by atoms with E-state index in [4.69, 9.17) is 9.47 Å². The summed E-state index contributed by atoms with van der Waals surface area (Å²) in [6.07, 6.45) is 9.74. The van der Waals surface area contributed by atoms with Crippen molar-refractivity contribution < 1.29 is 23.9 Å². The molecule has 0 aromatic heterocycles. The van der Waals surface area contributed by atoms with Gasteiger partial charge in [0.25, 0.3) is 0 Å². The Kier molecular flexibility index (Phi) is 6.33. The number of ether oxygens (including phenoxy) is 2. The van der Waals surface area contributed by atoms with E-state index in [1.54, 1.807) is 6.92 Å². The molecule has 4 aliphatic rings. The number of Topliss-reactive ketones (excluding diaryl/α,β-unsaturated/α-hetero) is 1. The second kappa shape index (κ2) is 8.53. The molecular formula is C28H42O5. The zero-order chi connectivity index (χ0) is 24.2. The molecule has 4 rings (SSSR count). The molecule has 0 heterocycles. The van der Waals surface area contributed by atoms with Crippen LogP contribution in [-0.2, 0) is 23.9 Å². The molecule has 0 amide bonds. The lowest BCUT2D eigenvalue weighted by Crippen LogP contribution is -2.54. The molecule has 0 aliphatic heterocycles. The Morgan fingerprint density at radius 1 is 1.06 bits per heavy atom. The second-order valence-corrected chi connectivity index (χ2v) is 11.9. The fourth-order valence-electron chi connectivity index (χ4n) is 8.77. The third-order valence-electron chi connectivity index (χ3n) is 10.8. The Hall–Kier alpha value is -1.65. The van der Waals surface area contributed by atoms with Crippen molar-refractivity contribution in [2.75, 3.05) is 6.61 Å². The zero-order valence-corrected chi connectivity index (χ0v) is 21.4. The molecule has 5 heteroatoms. The van der Waals surface area contributed by atoms with Gasteiger partial charge in [-0.05, 0) is 86.9 Å². The first-order valence-electron chi connectivity index (χ1n) is 13.0. The minimum absolute atomic E-state index is 0.00803. The minimum atomic E-state index is -0.493. The van der Waals surface area contributed by atoms with Gasteiger partial charge in [0.1, 0.15) is 11.9 Å². The van der Waals surface area contributed by atoms with E-state index in [9.17, 15) is 14.4 Å². The van der Waals surface area contributed by atoms with E-state index >= 15 is 0 Å². The number of hydrogen-bond donors (Lipinski definition) is 0. The van der Waals surface area contributed by atoms with Crippen molar-refractivity contribution >= 4 is 17.7 Å². The zero-order valence-electron chi connectivity index (χ0n) is 21.4. The van der Waals surface area contributed by atoms with Crippen molar-refractivity contribution in [3.63, 3.8) is 0 Å². The average molecular weight is 459 g/mol. The summed E-state index contributed by atoms with van der Waals surface area (Å²) in [6, 6.07) is 0. The Morgan fingerprint density at radius 3 is 2.42 bits per heavy atom. The average Bonchev–Trinajstić information content (AvgIpc) is 2.96. The first-order chi connectivity index (χ1) is 15.5. The molecule has 0 aromatic carbocycles. The molecule has 0 spiro atoms. The van der Waals surface area contributed by atoms with Gasteiger partial charge in [-0.25, -0.2) is 0 Å². The molecule has 8 atom stereocenters. The maximum absolute atomic E-state index is 13.1. The molecule has 3 saturated carbocycles. The number of hydrogen-bond acceptors (Lipinski definition) is 5. The lowest BCUT2D eigenvalue weighted by atomic mass is 9.45. The van der Waals surface area contributed by atoms with Crippen LogP contribution in [-0.4, -0.2) is 30.4 Å². The van der Waals surface area contributed by atoms with E-state index in [2.05, 4.69) is 26.8 Å². The number of allylic oxidation sites excluding steroid dienone is 1. The fraction of sp³-hybridized carbons (Fsp3) is 0.821. The van der Waals surface area contributed by atoms with Gasteiger partial charge in [-0.15, -0.1) is 0 Å². The summed E-state index contributed by atoms with van der Waals surface area (Å²) in [6.45, 7) is 12.3. The lowest BCUT2D eigenvalue weighted by molar-refractivity contribution is -0.151. The van der Waals surface area contributed by atoms with Crippen LogP contribution in [0.25, 0.3) is 0 Å². The molecule has 4 aliphatic carbocycles. The smallest absolute Gasteiger partial charge is 0.306 e. The van der Waals surface area contributed by atoms with Gasteiger partial charge in [-0.2, -0.15) is 0 Å². The third kappa shape index (κ3) is 3.69. The highest BCUT2D eigenvalue weighted by atomic mass is 16.5. The number of carbonyl (C=O) groups is 3. The first kappa shape index (κ1) is 24.5.